The van der Waals surface area contributed by atoms with Gasteiger partial charge >= 0.3 is 5.35 Å². The van der Waals surface area contributed by atoms with Gasteiger partial charge in [-0.05, 0) is 22.7 Å². The van der Waals surface area contributed by atoms with Crippen molar-refractivity contribution in [2.75, 3.05) is 0 Å². The number of hydrogen-bond acceptors (Lipinski definition) is 3. The third kappa shape index (κ3) is 2.51. The second kappa shape index (κ2) is 5.24. The minimum atomic E-state index is -0.0707. The van der Waals surface area contributed by atoms with Crippen molar-refractivity contribution in [2.45, 2.75) is 5.92 Å². The topological polar surface area (TPSA) is 38.9 Å². The molecule has 1 aromatic heterocycles. The Hall–Kier alpha value is -2.13. The van der Waals surface area contributed by atoms with E-state index in [1.807, 2.05) is 60.7 Å². The van der Waals surface area contributed by atoms with Gasteiger partial charge < -0.3 is 4.52 Å². The van der Waals surface area contributed by atoms with E-state index in [0.29, 0.717) is 5.82 Å². The lowest BCUT2D eigenvalue weighted by atomic mass is 9.91. The molecule has 19 heavy (non-hydrogen) atoms. The lowest BCUT2D eigenvalue weighted by molar-refractivity contribution is 0.411. The Labute approximate surface area is 115 Å². The molecule has 2 aromatic carbocycles. The van der Waals surface area contributed by atoms with Gasteiger partial charge in [0.15, 0.2) is 5.82 Å². The average molecular weight is 271 g/mol. The van der Waals surface area contributed by atoms with E-state index in [-0.39, 0.29) is 11.3 Å². The first-order chi connectivity index (χ1) is 9.34. The molecule has 1 heterocycles. The molecule has 4 heteroatoms. The molecule has 0 spiro atoms. The number of aromatic nitrogens is 2. The fourth-order valence-electron chi connectivity index (χ4n) is 2.11. The largest absolute Gasteiger partial charge is 0.321 e. The molecule has 0 aliphatic heterocycles. The van der Waals surface area contributed by atoms with Crippen LogP contribution in [0.2, 0.25) is 5.35 Å². The van der Waals surface area contributed by atoms with Gasteiger partial charge in [-0.25, -0.2) is 0 Å². The first kappa shape index (κ1) is 11.9. The van der Waals surface area contributed by atoms with Crippen molar-refractivity contribution in [3.05, 3.63) is 83.0 Å². The maximum Gasteiger partial charge on any atom is 0.320 e. The molecule has 0 bridgehead atoms. The number of hydrogen-bond donors (Lipinski definition) is 0. The summed E-state index contributed by atoms with van der Waals surface area (Å²) in [6, 6.07) is 20.1. The van der Waals surface area contributed by atoms with Crippen molar-refractivity contribution < 1.29 is 4.52 Å². The summed E-state index contributed by atoms with van der Waals surface area (Å²) >= 11 is 5.74. The predicted octanol–water partition coefficient (Wildman–Crippen LogP) is 3.90. The first-order valence-electron chi connectivity index (χ1n) is 5.93. The summed E-state index contributed by atoms with van der Waals surface area (Å²) in [5, 5.41) is 4.01. The van der Waals surface area contributed by atoms with Crippen molar-refractivity contribution in [1.82, 2.24) is 10.1 Å². The third-order valence-electron chi connectivity index (χ3n) is 2.94. The van der Waals surface area contributed by atoms with Crippen LogP contribution in [0.15, 0.2) is 65.2 Å². The Balaban J connectivity index is 2.11. The van der Waals surface area contributed by atoms with Gasteiger partial charge in [-0.15, -0.1) is 0 Å². The van der Waals surface area contributed by atoms with Crippen LogP contribution in [-0.4, -0.2) is 10.1 Å². The van der Waals surface area contributed by atoms with Crippen LogP contribution >= 0.6 is 11.6 Å². The highest BCUT2D eigenvalue weighted by atomic mass is 35.5. The molecular weight excluding hydrogens is 260 g/mol. The van der Waals surface area contributed by atoms with E-state index >= 15 is 0 Å². The normalized spacial score (nSPS) is 10.8. The highest BCUT2D eigenvalue weighted by Gasteiger charge is 2.21. The molecule has 0 atom stereocenters. The summed E-state index contributed by atoms with van der Waals surface area (Å²) in [7, 11) is 0. The quantitative estimate of drug-likeness (QED) is 0.724. The van der Waals surface area contributed by atoms with Crippen LogP contribution in [-0.2, 0) is 0 Å². The second-order valence-electron chi connectivity index (χ2n) is 4.16. The van der Waals surface area contributed by atoms with E-state index in [1.165, 1.54) is 0 Å². The Morgan fingerprint density at radius 3 is 1.79 bits per heavy atom. The van der Waals surface area contributed by atoms with Gasteiger partial charge in [-0.1, -0.05) is 65.8 Å². The second-order valence-corrected chi connectivity index (χ2v) is 4.48. The maximum atomic E-state index is 5.74. The van der Waals surface area contributed by atoms with Crippen LogP contribution in [0.3, 0.4) is 0 Å². The summed E-state index contributed by atoms with van der Waals surface area (Å²) < 4.78 is 4.89. The fraction of sp³-hybridized carbons (Fsp3) is 0.0667. The van der Waals surface area contributed by atoms with Gasteiger partial charge in [0.1, 0.15) is 0 Å². The van der Waals surface area contributed by atoms with Gasteiger partial charge in [0.2, 0.25) is 0 Å². The van der Waals surface area contributed by atoms with Gasteiger partial charge in [0, 0.05) is 0 Å². The van der Waals surface area contributed by atoms with E-state index < -0.39 is 0 Å². The van der Waals surface area contributed by atoms with Crippen LogP contribution < -0.4 is 0 Å². The average Bonchev–Trinajstić information content (AvgIpc) is 2.88. The standard InChI is InChI=1S/C15H11ClN2O/c16-15-17-14(18-19-15)13(11-7-3-1-4-8-11)12-9-5-2-6-10-12/h1-10,13H. The predicted molar refractivity (Wildman–Crippen MR) is 73.1 cm³/mol. The zero-order valence-electron chi connectivity index (χ0n) is 10.0. The van der Waals surface area contributed by atoms with Crippen LogP contribution in [0.25, 0.3) is 0 Å². The maximum absolute atomic E-state index is 5.74. The van der Waals surface area contributed by atoms with Crippen molar-refractivity contribution in [1.29, 1.82) is 0 Å². The number of nitrogens with zero attached hydrogens (tertiary/aromatic N) is 2. The smallest absolute Gasteiger partial charge is 0.320 e. The molecule has 0 aliphatic rings. The number of benzene rings is 2. The summed E-state index contributed by atoms with van der Waals surface area (Å²) in [6.07, 6.45) is 0. The molecule has 3 nitrogen and oxygen atoms in total. The molecule has 3 aromatic rings. The molecule has 0 amide bonds. The zero-order valence-corrected chi connectivity index (χ0v) is 10.8. The Bertz CT molecular complexity index is 613. The molecule has 0 radical (unpaired) electrons. The molecule has 0 aliphatic carbocycles. The van der Waals surface area contributed by atoms with Crippen molar-refractivity contribution >= 4 is 11.6 Å². The lowest BCUT2D eigenvalue weighted by Gasteiger charge is -2.13. The summed E-state index contributed by atoms with van der Waals surface area (Å²) in [5.74, 6) is 0.501. The van der Waals surface area contributed by atoms with Crippen LogP contribution in [0, 0.1) is 0 Å². The molecule has 94 valence electrons. The lowest BCUT2D eigenvalue weighted by Crippen LogP contribution is -2.05. The van der Waals surface area contributed by atoms with E-state index in [0.717, 1.165) is 11.1 Å². The number of halogens is 1. The monoisotopic (exact) mass is 270 g/mol. The van der Waals surface area contributed by atoms with Crippen molar-refractivity contribution in [3.63, 3.8) is 0 Å². The molecule has 0 saturated heterocycles. The Morgan fingerprint density at radius 2 is 1.37 bits per heavy atom. The van der Waals surface area contributed by atoms with E-state index in [1.54, 1.807) is 0 Å². The molecule has 0 fully saturated rings. The van der Waals surface area contributed by atoms with Crippen LogP contribution in [0.5, 0.6) is 0 Å². The SMILES string of the molecule is Clc1nc(C(c2ccccc2)c2ccccc2)no1. The first-order valence-corrected chi connectivity index (χ1v) is 6.31. The van der Waals surface area contributed by atoms with E-state index in [4.69, 9.17) is 16.1 Å². The van der Waals surface area contributed by atoms with Crippen molar-refractivity contribution in [2.24, 2.45) is 0 Å². The van der Waals surface area contributed by atoms with Gasteiger partial charge in [-0.2, -0.15) is 4.98 Å². The van der Waals surface area contributed by atoms with E-state index in [9.17, 15) is 0 Å². The zero-order chi connectivity index (χ0) is 13.1. The highest BCUT2D eigenvalue weighted by Crippen LogP contribution is 2.30. The minimum Gasteiger partial charge on any atom is -0.321 e. The minimum absolute atomic E-state index is 0.0619. The third-order valence-corrected chi connectivity index (χ3v) is 3.09. The highest BCUT2D eigenvalue weighted by molar-refractivity contribution is 6.27. The fourth-order valence-corrected chi connectivity index (χ4v) is 2.24. The van der Waals surface area contributed by atoms with Crippen LogP contribution in [0.4, 0.5) is 0 Å². The Morgan fingerprint density at radius 1 is 0.842 bits per heavy atom. The van der Waals surface area contributed by atoms with Crippen LogP contribution in [0.1, 0.15) is 22.9 Å². The van der Waals surface area contributed by atoms with E-state index in [2.05, 4.69) is 10.1 Å². The summed E-state index contributed by atoms with van der Waals surface area (Å²) in [5.41, 5.74) is 2.21. The molecule has 3 rings (SSSR count). The summed E-state index contributed by atoms with van der Waals surface area (Å²) in [6.45, 7) is 0. The summed E-state index contributed by atoms with van der Waals surface area (Å²) in [4.78, 5) is 4.15. The number of rotatable bonds is 3. The molecular formula is C15H11ClN2O. The van der Waals surface area contributed by atoms with Crippen molar-refractivity contribution in [3.8, 4) is 0 Å². The Kier molecular flexibility index (Phi) is 3.29. The molecule has 0 unspecified atom stereocenters. The molecule has 0 saturated carbocycles. The van der Waals surface area contributed by atoms with Gasteiger partial charge in [-0.3, -0.25) is 0 Å². The van der Waals surface area contributed by atoms with Gasteiger partial charge in [0.05, 0.1) is 5.92 Å². The van der Waals surface area contributed by atoms with Gasteiger partial charge in [0.25, 0.3) is 0 Å². The molecule has 0 N–H and O–H groups in total.